The summed E-state index contributed by atoms with van der Waals surface area (Å²) >= 11 is 6.00. The van der Waals surface area contributed by atoms with Crippen molar-refractivity contribution in [3.63, 3.8) is 0 Å². The molecule has 2 unspecified atom stereocenters. The molecule has 1 fully saturated rings. The fraction of sp³-hybridized carbons (Fsp3) is 0.556. The maximum atomic E-state index is 12.6. The largest absolute Gasteiger partial charge is 0.354 e. The van der Waals surface area contributed by atoms with Crippen molar-refractivity contribution in [2.75, 3.05) is 19.6 Å². The molecule has 1 aromatic carbocycles. The summed E-state index contributed by atoms with van der Waals surface area (Å²) in [7, 11) is 0. The number of non-ortho nitro benzene ring substituents is 1. The third-order valence-corrected chi connectivity index (χ3v) is 4.92. The molecule has 1 aliphatic rings. The molecular formula is C18H26Cl2N4O4. The molecular weight excluding hydrogens is 407 g/mol. The Balaban J connectivity index is 0.00000392. The van der Waals surface area contributed by atoms with Gasteiger partial charge in [-0.25, -0.2) is 0 Å². The number of carbonyl (C=O) groups excluding carboxylic acids is 2. The van der Waals surface area contributed by atoms with Gasteiger partial charge in [0.05, 0.1) is 15.5 Å². The Morgan fingerprint density at radius 1 is 1.39 bits per heavy atom. The minimum atomic E-state index is -0.722. The maximum Gasteiger partial charge on any atom is 0.270 e. The van der Waals surface area contributed by atoms with Crippen molar-refractivity contribution in [1.29, 1.82) is 0 Å². The van der Waals surface area contributed by atoms with E-state index in [1.807, 2.05) is 13.8 Å². The van der Waals surface area contributed by atoms with Crippen LogP contribution < -0.4 is 16.0 Å². The zero-order valence-corrected chi connectivity index (χ0v) is 17.4. The zero-order chi connectivity index (χ0) is 20.0. The summed E-state index contributed by atoms with van der Waals surface area (Å²) in [5.41, 5.74) is -0.104. The molecule has 28 heavy (non-hydrogen) atoms. The quantitative estimate of drug-likeness (QED) is 0.452. The molecule has 0 bridgehead atoms. The third-order valence-electron chi connectivity index (χ3n) is 4.61. The van der Waals surface area contributed by atoms with E-state index in [9.17, 15) is 19.7 Å². The first-order valence-corrected chi connectivity index (χ1v) is 9.40. The van der Waals surface area contributed by atoms with Crippen molar-refractivity contribution in [2.24, 2.45) is 11.8 Å². The summed E-state index contributed by atoms with van der Waals surface area (Å²) in [5.74, 6) is -0.532. The van der Waals surface area contributed by atoms with Crippen molar-refractivity contribution in [2.45, 2.75) is 32.7 Å². The van der Waals surface area contributed by atoms with E-state index in [0.29, 0.717) is 12.5 Å². The number of hydrogen-bond donors (Lipinski definition) is 3. The Morgan fingerprint density at radius 3 is 2.64 bits per heavy atom. The predicted octanol–water partition coefficient (Wildman–Crippen LogP) is 2.54. The van der Waals surface area contributed by atoms with Crippen LogP contribution in [-0.2, 0) is 4.79 Å². The smallest absolute Gasteiger partial charge is 0.270 e. The fourth-order valence-electron chi connectivity index (χ4n) is 3.01. The molecule has 3 N–H and O–H groups in total. The van der Waals surface area contributed by atoms with Gasteiger partial charge in [-0.05, 0) is 43.8 Å². The van der Waals surface area contributed by atoms with Gasteiger partial charge in [-0.3, -0.25) is 19.7 Å². The molecule has 10 heteroatoms. The highest BCUT2D eigenvalue weighted by Crippen LogP contribution is 2.22. The van der Waals surface area contributed by atoms with E-state index in [4.69, 9.17) is 11.6 Å². The number of amides is 2. The lowest BCUT2D eigenvalue weighted by atomic mass is 9.98. The minimum Gasteiger partial charge on any atom is -0.354 e. The van der Waals surface area contributed by atoms with Gasteiger partial charge in [-0.2, -0.15) is 0 Å². The number of nitrogens with zero attached hydrogens (tertiary/aromatic N) is 1. The summed E-state index contributed by atoms with van der Waals surface area (Å²) < 4.78 is 0. The van der Waals surface area contributed by atoms with Crippen LogP contribution in [0.1, 0.15) is 37.0 Å². The molecule has 0 saturated carbocycles. The zero-order valence-electron chi connectivity index (χ0n) is 15.9. The van der Waals surface area contributed by atoms with Crippen LogP contribution in [0, 0.1) is 22.0 Å². The van der Waals surface area contributed by atoms with Crippen molar-refractivity contribution in [1.82, 2.24) is 16.0 Å². The van der Waals surface area contributed by atoms with E-state index in [1.54, 1.807) is 0 Å². The second kappa shape index (κ2) is 11.2. The number of nitro groups is 1. The molecule has 1 heterocycles. The van der Waals surface area contributed by atoms with Crippen LogP contribution >= 0.6 is 24.0 Å². The van der Waals surface area contributed by atoms with E-state index in [1.165, 1.54) is 12.1 Å². The second-order valence-electron chi connectivity index (χ2n) is 7.07. The highest BCUT2D eigenvalue weighted by molar-refractivity contribution is 6.34. The summed E-state index contributed by atoms with van der Waals surface area (Å²) in [6.45, 7) is 6.11. The van der Waals surface area contributed by atoms with Crippen LogP contribution in [0.4, 0.5) is 5.69 Å². The van der Waals surface area contributed by atoms with Crippen LogP contribution in [0.5, 0.6) is 0 Å². The summed E-state index contributed by atoms with van der Waals surface area (Å²) in [6.07, 6.45) is 2.15. The highest BCUT2D eigenvalue weighted by Gasteiger charge is 2.26. The van der Waals surface area contributed by atoms with Gasteiger partial charge < -0.3 is 16.0 Å². The average Bonchev–Trinajstić information content (AvgIpc) is 2.64. The first kappa shape index (κ1) is 24.1. The molecule has 2 amide bonds. The van der Waals surface area contributed by atoms with Crippen LogP contribution in [0.15, 0.2) is 18.2 Å². The second-order valence-corrected chi connectivity index (χ2v) is 7.48. The van der Waals surface area contributed by atoms with E-state index < -0.39 is 16.9 Å². The Morgan fingerprint density at radius 2 is 2.11 bits per heavy atom. The van der Waals surface area contributed by atoms with Gasteiger partial charge in [0.1, 0.15) is 6.04 Å². The molecule has 2 rings (SSSR count). The third kappa shape index (κ3) is 6.61. The number of carbonyl (C=O) groups is 2. The average molecular weight is 433 g/mol. The summed E-state index contributed by atoms with van der Waals surface area (Å²) in [5, 5.41) is 19.7. The SMILES string of the molecule is CC(C)C(NC(=O)c1ccc([N+](=O)[O-])cc1Cl)C(=O)NCC1CCCNC1.Cl. The standard InChI is InChI=1S/C18H25ClN4O4.ClH/c1-11(2)16(18(25)21-10-12-4-3-7-20-9-12)22-17(24)14-6-5-13(23(26)27)8-15(14)19;/h5-6,8,11-12,16,20H,3-4,7,9-10H2,1-2H3,(H,21,25)(H,22,24);1H. The van der Waals surface area contributed by atoms with Gasteiger partial charge in [-0.15, -0.1) is 12.4 Å². The molecule has 1 aliphatic heterocycles. The lowest BCUT2D eigenvalue weighted by molar-refractivity contribution is -0.384. The molecule has 1 aromatic rings. The Kier molecular flexibility index (Phi) is 9.64. The first-order valence-electron chi connectivity index (χ1n) is 9.02. The van der Waals surface area contributed by atoms with Gasteiger partial charge in [0, 0.05) is 18.7 Å². The topological polar surface area (TPSA) is 113 Å². The number of piperidine rings is 1. The van der Waals surface area contributed by atoms with Gasteiger partial charge >= 0.3 is 0 Å². The molecule has 8 nitrogen and oxygen atoms in total. The van der Waals surface area contributed by atoms with Gasteiger partial charge in [0.15, 0.2) is 0 Å². The van der Waals surface area contributed by atoms with Crippen molar-refractivity contribution in [3.05, 3.63) is 38.9 Å². The highest BCUT2D eigenvalue weighted by atomic mass is 35.5. The van der Waals surface area contributed by atoms with Crippen LogP contribution in [0.2, 0.25) is 5.02 Å². The summed E-state index contributed by atoms with van der Waals surface area (Å²) in [4.78, 5) is 35.3. The molecule has 0 aromatic heterocycles. The van der Waals surface area contributed by atoms with Crippen molar-refractivity contribution >= 4 is 41.5 Å². The maximum absolute atomic E-state index is 12.6. The number of nitrogens with one attached hydrogen (secondary N) is 3. The van der Waals surface area contributed by atoms with E-state index in [-0.39, 0.29) is 40.5 Å². The molecule has 1 saturated heterocycles. The van der Waals surface area contributed by atoms with E-state index in [2.05, 4.69) is 16.0 Å². The van der Waals surface area contributed by atoms with Crippen molar-refractivity contribution in [3.8, 4) is 0 Å². The first-order chi connectivity index (χ1) is 12.8. The molecule has 156 valence electrons. The predicted molar refractivity (Wildman–Crippen MR) is 110 cm³/mol. The number of halogens is 2. The van der Waals surface area contributed by atoms with E-state index in [0.717, 1.165) is 32.0 Å². The minimum absolute atomic E-state index is 0. The van der Waals surface area contributed by atoms with Crippen LogP contribution in [-0.4, -0.2) is 42.4 Å². The van der Waals surface area contributed by atoms with Crippen molar-refractivity contribution < 1.29 is 14.5 Å². The Bertz CT molecular complexity index is 709. The summed E-state index contributed by atoms with van der Waals surface area (Å²) in [6, 6.07) is 2.90. The number of nitro benzene ring substituents is 1. The van der Waals surface area contributed by atoms with Gasteiger partial charge in [-0.1, -0.05) is 25.4 Å². The number of rotatable bonds is 7. The Labute approximate surface area is 175 Å². The molecule has 0 spiro atoms. The molecule has 0 aliphatic carbocycles. The molecule has 2 atom stereocenters. The normalized spacial score (nSPS) is 17.4. The van der Waals surface area contributed by atoms with Crippen LogP contribution in [0.25, 0.3) is 0 Å². The van der Waals surface area contributed by atoms with Gasteiger partial charge in [0.25, 0.3) is 11.6 Å². The van der Waals surface area contributed by atoms with Crippen LogP contribution in [0.3, 0.4) is 0 Å². The monoisotopic (exact) mass is 432 g/mol. The lowest BCUT2D eigenvalue weighted by Gasteiger charge is -2.26. The number of hydrogen-bond acceptors (Lipinski definition) is 5. The lowest BCUT2D eigenvalue weighted by Crippen LogP contribution is -2.51. The van der Waals surface area contributed by atoms with Gasteiger partial charge in [0.2, 0.25) is 5.91 Å². The number of benzene rings is 1. The van der Waals surface area contributed by atoms with E-state index >= 15 is 0 Å². The Hall–Kier alpha value is -1.90. The fourth-order valence-corrected chi connectivity index (χ4v) is 3.27. The molecule has 0 radical (unpaired) electrons.